The highest BCUT2D eigenvalue weighted by molar-refractivity contribution is 7.25. The average molecular weight is 751 g/mol. The van der Waals surface area contributed by atoms with Gasteiger partial charge in [0, 0.05) is 64.3 Å². The number of aromatic nitrogens is 1. The molecule has 1 N–H and O–H groups in total. The summed E-state index contributed by atoms with van der Waals surface area (Å²) in [5, 5.41) is 10.9. The molecule has 1 unspecified atom stereocenters. The van der Waals surface area contributed by atoms with Gasteiger partial charge in [0.2, 0.25) is 0 Å². The fourth-order valence-electron chi connectivity index (χ4n) is 8.81. The minimum absolute atomic E-state index is 0.242. The molecule has 6 heteroatoms. The van der Waals surface area contributed by atoms with Gasteiger partial charge < -0.3 is 14.3 Å². The predicted molar refractivity (Wildman–Crippen MR) is 237 cm³/mol. The van der Waals surface area contributed by atoms with Crippen LogP contribution < -0.4 is 16.0 Å². The topological polar surface area (TPSA) is 54.8 Å². The van der Waals surface area contributed by atoms with Crippen LogP contribution in [-0.4, -0.2) is 16.2 Å². The Morgan fingerprint density at radius 1 is 0.561 bits per heavy atom. The van der Waals surface area contributed by atoms with Crippen molar-refractivity contribution in [2.24, 2.45) is 9.98 Å². The maximum atomic E-state index is 6.44. The molecule has 3 aromatic heterocycles. The van der Waals surface area contributed by atoms with Gasteiger partial charge in [-0.1, -0.05) is 121 Å². The van der Waals surface area contributed by atoms with E-state index in [9.17, 15) is 0 Å². The van der Waals surface area contributed by atoms with E-state index in [0.717, 1.165) is 56.9 Å². The number of para-hydroxylation sites is 2. The van der Waals surface area contributed by atoms with Crippen molar-refractivity contribution in [2.75, 3.05) is 0 Å². The van der Waals surface area contributed by atoms with Crippen LogP contribution in [0.1, 0.15) is 40.8 Å². The molecule has 0 amide bonds. The zero-order chi connectivity index (χ0) is 37.5. The van der Waals surface area contributed by atoms with Crippen LogP contribution in [0.4, 0.5) is 0 Å². The SMILES string of the molecule is C1=c2oc3ccc(-n4c5ccccc5c5ccccc54)cc3c2=CC(c2ccc3c(c2)sc2ccc(C4N=C(c5ccccc5)NC(c5ccccc5)=N4)cc23)C1. The van der Waals surface area contributed by atoms with Gasteiger partial charge in [0.15, 0.2) is 6.17 Å². The van der Waals surface area contributed by atoms with Gasteiger partial charge >= 0.3 is 0 Å². The Balaban J connectivity index is 0.919. The van der Waals surface area contributed by atoms with Gasteiger partial charge in [0.05, 0.1) is 11.0 Å². The minimum Gasteiger partial charge on any atom is -0.456 e. The molecular formula is C51H34N4OS. The summed E-state index contributed by atoms with van der Waals surface area (Å²) < 4.78 is 11.4. The van der Waals surface area contributed by atoms with E-state index in [2.05, 4.69) is 149 Å². The number of rotatable bonds is 5. The van der Waals surface area contributed by atoms with E-state index in [0.29, 0.717) is 0 Å². The smallest absolute Gasteiger partial charge is 0.169 e. The normalized spacial score (nSPS) is 15.7. The van der Waals surface area contributed by atoms with Crippen molar-refractivity contribution < 1.29 is 4.42 Å². The highest BCUT2D eigenvalue weighted by Crippen LogP contribution is 2.39. The Labute approximate surface area is 331 Å². The summed E-state index contributed by atoms with van der Waals surface area (Å²) in [5.74, 6) is 1.89. The summed E-state index contributed by atoms with van der Waals surface area (Å²) in [6.45, 7) is 0. The van der Waals surface area contributed by atoms with E-state index in [1.165, 1.54) is 52.8 Å². The van der Waals surface area contributed by atoms with E-state index in [1.54, 1.807) is 0 Å². The number of hydrogen-bond acceptors (Lipinski definition) is 5. The van der Waals surface area contributed by atoms with Gasteiger partial charge in [-0.05, 0) is 72.2 Å². The number of fused-ring (bicyclic) bond motifs is 9. The lowest BCUT2D eigenvalue weighted by atomic mass is 9.91. The Bertz CT molecular complexity index is 3320. The van der Waals surface area contributed by atoms with Gasteiger partial charge in [-0.3, -0.25) is 0 Å². The predicted octanol–water partition coefficient (Wildman–Crippen LogP) is 11.1. The molecule has 1 atom stereocenters. The van der Waals surface area contributed by atoms with Crippen molar-refractivity contribution >= 4 is 88.1 Å². The zero-order valence-electron chi connectivity index (χ0n) is 30.8. The molecule has 0 saturated heterocycles. The molecule has 0 bridgehead atoms. The second-order valence-corrected chi connectivity index (χ2v) is 16.0. The first-order chi connectivity index (χ1) is 28.2. The van der Waals surface area contributed by atoms with Crippen LogP contribution in [-0.2, 0) is 0 Å². The second-order valence-electron chi connectivity index (χ2n) is 14.9. The number of aliphatic imine (C=N–C) groups is 2. The minimum atomic E-state index is -0.364. The summed E-state index contributed by atoms with van der Waals surface area (Å²) in [5.41, 5.74) is 9.90. The molecule has 1 aliphatic heterocycles. The molecule has 57 heavy (non-hydrogen) atoms. The van der Waals surface area contributed by atoms with Crippen LogP contribution in [0, 0.1) is 0 Å². The van der Waals surface area contributed by atoms with E-state index in [-0.39, 0.29) is 12.1 Å². The molecule has 7 aromatic carbocycles. The fraction of sp³-hybridized carbons (Fsp3) is 0.0588. The Kier molecular flexibility index (Phi) is 7.22. The van der Waals surface area contributed by atoms with E-state index in [4.69, 9.17) is 14.4 Å². The highest BCUT2D eigenvalue weighted by atomic mass is 32.1. The molecule has 5 nitrogen and oxygen atoms in total. The van der Waals surface area contributed by atoms with Crippen LogP contribution in [0.25, 0.3) is 70.8 Å². The monoisotopic (exact) mass is 750 g/mol. The summed E-state index contributed by atoms with van der Waals surface area (Å²) in [7, 11) is 0. The maximum Gasteiger partial charge on any atom is 0.169 e. The van der Waals surface area contributed by atoms with Crippen LogP contribution in [0.5, 0.6) is 0 Å². The van der Waals surface area contributed by atoms with Gasteiger partial charge in [0.1, 0.15) is 22.7 Å². The number of furan rings is 1. The lowest BCUT2D eigenvalue weighted by molar-refractivity contribution is 0.570. The van der Waals surface area contributed by atoms with Gasteiger partial charge in [-0.2, -0.15) is 0 Å². The molecule has 0 saturated carbocycles. The first-order valence-electron chi connectivity index (χ1n) is 19.4. The number of thiophene rings is 1. The van der Waals surface area contributed by atoms with Crippen molar-refractivity contribution in [3.05, 3.63) is 197 Å². The molecule has 0 fully saturated rings. The van der Waals surface area contributed by atoms with Crippen LogP contribution in [0.2, 0.25) is 0 Å². The molecule has 10 aromatic rings. The number of nitrogens with one attached hydrogen (secondary N) is 1. The fourth-order valence-corrected chi connectivity index (χ4v) is 9.94. The number of nitrogens with zero attached hydrogens (tertiary/aromatic N) is 3. The Hall–Kier alpha value is -7.02. The third kappa shape index (κ3) is 5.29. The largest absolute Gasteiger partial charge is 0.456 e. The number of benzene rings is 7. The van der Waals surface area contributed by atoms with Crippen LogP contribution >= 0.6 is 11.3 Å². The number of amidine groups is 2. The zero-order valence-corrected chi connectivity index (χ0v) is 31.6. The second kappa shape index (κ2) is 12.8. The molecule has 2 aliphatic rings. The Morgan fingerprint density at radius 2 is 1.23 bits per heavy atom. The first-order valence-corrected chi connectivity index (χ1v) is 20.3. The first kappa shape index (κ1) is 32.2. The van der Waals surface area contributed by atoms with Crippen molar-refractivity contribution in [3.63, 3.8) is 0 Å². The van der Waals surface area contributed by atoms with Gasteiger partial charge in [-0.25, -0.2) is 9.98 Å². The Morgan fingerprint density at radius 3 is 1.95 bits per heavy atom. The van der Waals surface area contributed by atoms with Gasteiger partial charge in [-0.15, -0.1) is 11.3 Å². The van der Waals surface area contributed by atoms with Crippen LogP contribution in [0.3, 0.4) is 0 Å². The van der Waals surface area contributed by atoms with Crippen LogP contribution in [0.15, 0.2) is 178 Å². The van der Waals surface area contributed by atoms with Crippen molar-refractivity contribution in [2.45, 2.75) is 18.5 Å². The molecular weight excluding hydrogens is 717 g/mol. The summed E-state index contributed by atoms with van der Waals surface area (Å²) >= 11 is 1.85. The molecule has 270 valence electrons. The van der Waals surface area contributed by atoms with Crippen molar-refractivity contribution in [3.8, 4) is 5.69 Å². The van der Waals surface area contributed by atoms with E-state index >= 15 is 0 Å². The molecule has 0 spiro atoms. The van der Waals surface area contributed by atoms with Crippen molar-refractivity contribution in [1.82, 2.24) is 9.88 Å². The summed E-state index contributed by atoms with van der Waals surface area (Å²) in [4.78, 5) is 10.3. The summed E-state index contributed by atoms with van der Waals surface area (Å²) in [6.07, 6.45) is 5.23. The standard InChI is InChI=1S/C51H34N4OS/c1-3-11-31(12-4-1)49-52-50(32-13-5-2-6-14-32)54-51(53-49)35-21-26-47-42(28-35)39-23-19-34(29-48(39)57-47)33-20-24-45-40(27-33)41-30-36(22-25-46(41)56-45)55-43-17-9-7-15-37(43)38-16-8-10-18-44(38)55/h1-19,21-30,33,51H,20H2,(H,52,53,54). The van der Waals surface area contributed by atoms with E-state index < -0.39 is 0 Å². The molecule has 12 rings (SSSR count). The lowest BCUT2D eigenvalue weighted by Crippen LogP contribution is -2.35. The summed E-state index contributed by atoms with van der Waals surface area (Å²) in [6, 6.07) is 58.3. The lowest BCUT2D eigenvalue weighted by Gasteiger charge is -2.22. The molecule has 4 heterocycles. The molecule has 1 aliphatic carbocycles. The molecule has 0 radical (unpaired) electrons. The van der Waals surface area contributed by atoms with Gasteiger partial charge in [0.25, 0.3) is 0 Å². The third-order valence-corrected chi connectivity index (χ3v) is 12.7. The van der Waals surface area contributed by atoms with Crippen molar-refractivity contribution in [1.29, 1.82) is 0 Å². The number of hydrogen-bond donors (Lipinski definition) is 1. The maximum absolute atomic E-state index is 6.44. The van der Waals surface area contributed by atoms with E-state index in [1.807, 2.05) is 47.7 Å². The average Bonchev–Trinajstić information content (AvgIpc) is 3.95. The highest BCUT2D eigenvalue weighted by Gasteiger charge is 2.22. The third-order valence-electron chi connectivity index (χ3n) is 11.6. The quantitative estimate of drug-likeness (QED) is 0.190.